The first-order chi connectivity index (χ1) is 6.70. The molecule has 2 saturated heterocycles. The molecule has 0 aromatic rings. The zero-order valence-electron chi connectivity index (χ0n) is 8.32. The second-order valence-electron chi connectivity index (χ2n) is 3.74. The molecule has 1 unspecified atom stereocenters. The second kappa shape index (κ2) is 3.57. The molecule has 0 saturated carbocycles. The van der Waals surface area contributed by atoms with Crippen molar-refractivity contribution >= 4 is 11.9 Å². The molecule has 2 aliphatic rings. The van der Waals surface area contributed by atoms with Gasteiger partial charge in [-0.05, 0) is 19.8 Å². The summed E-state index contributed by atoms with van der Waals surface area (Å²) in [7, 11) is 0. The molecule has 1 atom stereocenters. The fraction of sp³-hybridized carbons (Fsp3) is 0.778. The first-order valence-corrected chi connectivity index (χ1v) is 5.04. The lowest BCUT2D eigenvalue weighted by atomic mass is 10.2. The number of amides is 1. The highest BCUT2D eigenvalue weighted by Crippen LogP contribution is 2.19. The predicted octanol–water partition coefficient (Wildman–Crippen LogP) is 1.21. The Hall–Kier alpha value is -1.10. The number of piperidine rings is 1. The molecule has 0 aliphatic carbocycles. The van der Waals surface area contributed by atoms with Crippen LogP contribution in [0.3, 0.4) is 0 Å². The van der Waals surface area contributed by atoms with Crippen molar-refractivity contribution in [3.8, 4) is 0 Å². The number of carbonyl (C=O) groups excluding carboxylic acids is 1. The SMILES string of the molecule is CC1OC(=O)N(N2CCCCC2)C1=N. The molecular formula is C9H15N3O2. The largest absolute Gasteiger partial charge is 0.437 e. The Labute approximate surface area is 83.1 Å². The number of hydrazine groups is 1. The average Bonchev–Trinajstić information content (AvgIpc) is 2.43. The highest BCUT2D eigenvalue weighted by molar-refractivity contribution is 6.00. The zero-order chi connectivity index (χ0) is 10.1. The van der Waals surface area contributed by atoms with E-state index in [4.69, 9.17) is 10.1 Å². The van der Waals surface area contributed by atoms with Crippen molar-refractivity contribution in [2.24, 2.45) is 0 Å². The van der Waals surface area contributed by atoms with Gasteiger partial charge in [0.25, 0.3) is 0 Å². The van der Waals surface area contributed by atoms with Crippen molar-refractivity contribution in [1.29, 1.82) is 5.41 Å². The van der Waals surface area contributed by atoms with Gasteiger partial charge in [0.2, 0.25) is 0 Å². The summed E-state index contributed by atoms with van der Waals surface area (Å²) >= 11 is 0. The van der Waals surface area contributed by atoms with Crippen LogP contribution in [0.25, 0.3) is 0 Å². The van der Waals surface area contributed by atoms with Gasteiger partial charge in [-0.2, -0.15) is 5.01 Å². The van der Waals surface area contributed by atoms with Gasteiger partial charge in [-0.15, -0.1) is 0 Å². The lowest BCUT2D eigenvalue weighted by Gasteiger charge is -2.32. The van der Waals surface area contributed by atoms with Crippen molar-refractivity contribution in [3.63, 3.8) is 0 Å². The Morgan fingerprint density at radius 3 is 2.50 bits per heavy atom. The number of nitrogens with zero attached hydrogens (tertiary/aromatic N) is 2. The van der Waals surface area contributed by atoms with Gasteiger partial charge in [0, 0.05) is 13.1 Å². The Morgan fingerprint density at radius 2 is 2.00 bits per heavy atom. The summed E-state index contributed by atoms with van der Waals surface area (Å²) in [5.74, 6) is 0.261. The maximum atomic E-state index is 11.4. The zero-order valence-corrected chi connectivity index (χ0v) is 8.32. The molecule has 2 heterocycles. The molecule has 1 amide bonds. The fourth-order valence-electron chi connectivity index (χ4n) is 1.87. The minimum Gasteiger partial charge on any atom is -0.437 e. The number of cyclic esters (lactones) is 1. The molecule has 0 aromatic heterocycles. The van der Waals surface area contributed by atoms with Crippen molar-refractivity contribution in [2.75, 3.05) is 13.1 Å². The molecule has 5 nitrogen and oxygen atoms in total. The average molecular weight is 197 g/mol. The number of hydrogen-bond acceptors (Lipinski definition) is 4. The van der Waals surface area contributed by atoms with Gasteiger partial charge in [0.1, 0.15) is 0 Å². The maximum Gasteiger partial charge on any atom is 0.431 e. The van der Waals surface area contributed by atoms with Crippen molar-refractivity contribution < 1.29 is 9.53 Å². The van der Waals surface area contributed by atoms with E-state index in [1.807, 2.05) is 5.01 Å². The number of hydrogen-bond donors (Lipinski definition) is 1. The minimum atomic E-state index is -0.399. The van der Waals surface area contributed by atoms with Gasteiger partial charge in [-0.3, -0.25) is 5.41 Å². The fourth-order valence-corrected chi connectivity index (χ4v) is 1.87. The van der Waals surface area contributed by atoms with Crippen LogP contribution in [0.5, 0.6) is 0 Å². The summed E-state index contributed by atoms with van der Waals surface area (Å²) in [4.78, 5) is 11.4. The molecule has 0 bridgehead atoms. The molecule has 14 heavy (non-hydrogen) atoms. The molecule has 2 rings (SSSR count). The van der Waals surface area contributed by atoms with Crippen LogP contribution in [-0.4, -0.2) is 41.1 Å². The summed E-state index contributed by atoms with van der Waals surface area (Å²) < 4.78 is 4.96. The lowest BCUT2D eigenvalue weighted by molar-refractivity contribution is 0.0388. The van der Waals surface area contributed by atoms with Crippen LogP contribution in [0.15, 0.2) is 0 Å². The molecule has 78 valence electrons. The molecule has 2 fully saturated rings. The molecule has 5 heteroatoms. The summed E-state index contributed by atoms with van der Waals surface area (Å²) in [6.07, 6.45) is 2.59. The van der Waals surface area contributed by atoms with Crippen molar-refractivity contribution in [1.82, 2.24) is 10.0 Å². The third-order valence-corrected chi connectivity index (χ3v) is 2.68. The van der Waals surface area contributed by atoms with Crippen LogP contribution in [0.1, 0.15) is 26.2 Å². The summed E-state index contributed by atoms with van der Waals surface area (Å²) in [5.41, 5.74) is 0. The number of nitrogens with one attached hydrogen (secondary N) is 1. The van der Waals surface area contributed by atoms with Crippen LogP contribution in [0.4, 0.5) is 4.79 Å². The molecular weight excluding hydrogens is 182 g/mol. The Kier molecular flexibility index (Phi) is 2.41. The van der Waals surface area contributed by atoms with E-state index in [0.717, 1.165) is 25.9 Å². The Balaban J connectivity index is 2.08. The van der Waals surface area contributed by atoms with E-state index < -0.39 is 12.2 Å². The number of ether oxygens (including phenoxy) is 1. The van der Waals surface area contributed by atoms with E-state index in [1.54, 1.807) is 6.92 Å². The van der Waals surface area contributed by atoms with E-state index in [9.17, 15) is 4.79 Å². The van der Waals surface area contributed by atoms with E-state index in [-0.39, 0.29) is 5.84 Å². The molecule has 0 spiro atoms. The molecule has 1 N–H and O–H groups in total. The predicted molar refractivity (Wildman–Crippen MR) is 50.9 cm³/mol. The first-order valence-electron chi connectivity index (χ1n) is 5.04. The Morgan fingerprint density at radius 1 is 1.36 bits per heavy atom. The number of rotatable bonds is 1. The van der Waals surface area contributed by atoms with Gasteiger partial charge in [0.15, 0.2) is 11.9 Å². The van der Waals surface area contributed by atoms with Crippen LogP contribution < -0.4 is 0 Å². The summed E-state index contributed by atoms with van der Waals surface area (Å²) in [6, 6.07) is 0. The summed E-state index contributed by atoms with van der Waals surface area (Å²) in [6.45, 7) is 3.43. The molecule has 2 aliphatic heterocycles. The highest BCUT2D eigenvalue weighted by Gasteiger charge is 2.38. The van der Waals surface area contributed by atoms with Crippen molar-refractivity contribution in [3.05, 3.63) is 0 Å². The minimum absolute atomic E-state index is 0.261. The van der Waals surface area contributed by atoms with Gasteiger partial charge in [-0.25, -0.2) is 9.80 Å². The molecule has 0 radical (unpaired) electrons. The lowest BCUT2D eigenvalue weighted by Crippen LogP contribution is -2.48. The first kappa shape index (κ1) is 9.45. The monoisotopic (exact) mass is 197 g/mol. The van der Waals surface area contributed by atoms with E-state index in [0.29, 0.717) is 0 Å². The standard InChI is InChI=1S/C9H15N3O2/c1-7-8(10)12(9(13)14-7)11-5-3-2-4-6-11/h7,10H,2-6H2,1H3. The maximum absolute atomic E-state index is 11.4. The van der Waals surface area contributed by atoms with Gasteiger partial charge >= 0.3 is 6.09 Å². The third kappa shape index (κ3) is 1.48. The topological polar surface area (TPSA) is 56.6 Å². The van der Waals surface area contributed by atoms with Gasteiger partial charge < -0.3 is 4.74 Å². The van der Waals surface area contributed by atoms with Gasteiger partial charge in [-0.1, -0.05) is 6.42 Å². The third-order valence-electron chi connectivity index (χ3n) is 2.68. The van der Waals surface area contributed by atoms with E-state index in [1.165, 1.54) is 11.4 Å². The van der Waals surface area contributed by atoms with Crippen LogP contribution in [-0.2, 0) is 4.74 Å². The number of amidine groups is 1. The van der Waals surface area contributed by atoms with E-state index >= 15 is 0 Å². The van der Waals surface area contributed by atoms with Crippen LogP contribution in [0.2, 0.25) is 0 Å². The van der Waals surface area contributed by atoms with Crippen LogP contribution >= 0.6 is 0 Å². The second-order valence-corrected chi connectivity index (χ2v) is 3.74. The smallest absolute Gasteiger partial charge is 0.431 e. The number of carbonyl (C=O) groups is 1. The van der Waals surface area contributed by atoms with Crippen molar-refractivity contribution in [2.45, 2.75) is 32.3 Å². The van der Waals surface area contributed by atoms with E-state index in [2.05, 4.69) is 0 Å². The van der Waals surface area contributed by atoms with Crippen LogP contribution in [0, 0.1) is 5.41 Å². The molecule has 0 aromatic carbocycles. The normalized spacial score (nSPS) is 29.5. The Bertz CT molecular complexity index is 261. The van der Waals surface area contributed by atoms with Gasteiger partial charge in [0.05, 0.1) is 0 Å². The quantitative estimate of drug-likeness (QED) is 0.687. The summed E-state index contributed by atoms with van der Waals surface area (Å²) in [5, 5.41) is 11.0. The highest BCUT2D eigenvalue weighted by atomic mass is 16.6.